The van der Waals surface area contributed by atoms with Crippen LogP contribution in [0.15, 0.2) is 30.3 Å². The van der Waals surface area contributed by atoms with E-state index in [0.29, 0.717) is 18.4 Å². The quantitative estimate of drug-likeness (QED) is 0.689. The first-order chi connectivity index (χ1) is 9.54. The number of benzene rings is 1. The fraction of sp³-hybridized carbons (Fsp3) is 0.357. The second-order valence-corrected chi connectivity index (χ2v) is 4.28. The Morgan fingerprint density at radius 3 is 2.35 bits per heavy atom. The molecule has 0 aliphatic carbocycles. The van der Waals surface area contributed by atoms with Gasteiger partial charge < -0.3 is 15.7 Å². The summed E-state index contributed by atoms with van der Waals surface area (Å²) in [4.78, 5) is 34.1. The predicted molar refractivity (Wildman–Crippen MR) is 72.9 cm³/mol. The van der Waals surface area contributed by atoms with Crippen molar-refractivity contribution in [2.45, 2.75) is 25.8 Å². The SMILES string of the molecule is CCCC(=O)NCC(=O)NC(C(=O)O)c1ccccc1. The highest BCUT2D eigenvalue weighted by molar-refractivity contribution is 5.88. The van der Waals surface area contributed by atoms with Gasteiger partial charge in [0, 0.05) is 6.42 Å². The molecule has 1 atom stereocenters. The third kappa shape index (κ3) is 5.09. The third-order valence-corrected chi connectivity index (χ3v) is 2.61. The minimum absolute atomic E-state index is 0.227. The lowest BCUT2D eigenvalue weighted by Crippen LogP contribution is -2.40. The van der Waals surface area contributed by atoms with Crippen LogP contribution in [0.4, 0.5) is 0 Å². The molecule has 1 unspecified atom stereocenters. The van der Waals surface area contributed by atoms with E-state index in [1.807, 2.05) is 6.92 Å². The van der Waals surface area contributed by atoms with Crippen LogP contribution in [0.3, 0.4) is 0 Å². The van der Waals surface area contributed by atoms with Gasteiger partial charge in [-0.3, -0.25) is 9.59 Å². The minimum Gasteiger partial charge on any atom is -0.479 e. The van der Waals surface area contributed by atoms with Crippen LogP contribution < -0.4 is 10.6 Å². The summed E-state index contributed by atoms with van der Waals surface area (Å²) in [5.74, 6) is -1.91. The molecule has 2 amide bonds. The van der Waals surface area contributed by atoms with Gasteiger partial charge >= 0.3 is 5.97 Å². The average molecular weight is 278 g/mol. The Morgan fingerprint density at radius 2 is 1.80 bits per heavy atom. The highest BCUT2D eigenvalue weighted by atomic mass is 16.4. The van der Waals surface area contributed by atoms with Crippen LogP contribution in [-0.4, -0.2) is 29.4 Å². The van der Waals surface area contributed by atoms with E-state index in [2.05, 4.69) is 10.6 Å². The molecule has 0 bridgehead atoms. The van der Waals surface area contributed by atoms with Crippen molar-refractivity contribution in [3.8, 4) is 0 Å². The number of hydrogen-bond acceptors (Lipinski definition) is 3. The van der Waals surface area contributed by atoms with E-state index in [1.54, 1.807) is 30.3 Å². The first-order valence-electron chi connectivity index (χ1n) is 6.38. The number of carbonyl (C=O) groups is 3. The fourth-order valence-corrected chi connectivity index (χ4v) is 1.64. The first-order valence-corrected chi connectivity index (χ1v) is 6.38. The number of carboxylic acids is 1. The van der Waals surface area contributed by atoms with E-state index in [4.69, 9.17) is 5.11 Å². The van der Waals surface area contributed by atoms with E-state index in [-0.39, 0.29) is 12.5 Å². The van der Waals surface area contributed by atoms with E-state index >= 15 is 0 Å². The van der Waals surface area contributed by atoms with Crippen molar-refractivity contribution < 1.29 is 19.5 Å². The van der Waals surface area contributed by atoms with Crippen molar-refractivity contribution >= 4 is 17.8 Å². The van der Waals surface area contributed by atoms with Crippen LogP contribution in [0.5, 0.6) is 0 Å². The van der Waals surface area contributed by atoms with Crippen LogP contribution in [0, 0.1) is 0 Å². The van der Waals surface area contributed by atoms with Gasteiger partial charge in [-0.15, -0.1) is 0 Å². The van der Waals surface area contributed by atoms with Crippen LogP contribution in [0.25, 0.3) is 0 Å². The second kappa shape index (κ2) is 7.93. The van der Waals surface area contributed by atoms with Crippen molar-refractivity contribution in [2.24, 2.45) is 0 Å². The summed E-state index contributed by atoms with van der Waals surface area (Å²) in [5.41, 5.74) is 0.480. The van der Waals surface area contributed by atoms with Gasteiger partial charge in [-0.05, 0) is 12.0 Å². The van der Waals surface area contributed by atoms with Crippen molar-refractivity contribution in [2.75, 3.05) is 6.54 Å². The molecule has 0 radical (unpaired) electrons. The molecule has 108 valence electrons. The summed E-state index contributed by atoms with van der Waals surface area (Å²) in [6.07, 6.45) is 1.03. The van der Waals surface area contributed by atoms with Crippen molar-refractivity contribution in [1.82, 2.24) is 10.6 Å². The van der Waals surface area contributed by atoms with Gasteiger partial charge in [-0.25, -0.2) is 4.79 Å². The number of carbonyl (C=O) groups excluding carboxylic acids is 2. The molecule has 0 saturated heterocycles. The third-order valence-electron chi connectivity index (χ3n) is 2.61. The molecule has 0 aliphatic rings. The number of amides is 2. The van der Waals surface area contributed by atoms with Gasteiger partial charge in [0.15, 0.2) is 6.04 Å². The van der Waals surface area contributed by atoms with Gasteiger partial charge in [0.05, 0.1) is 6.54 Å². The van der Waals surface area contributed by atoms with Gasteiger partial charge in [0.25, 0.3) is 0 Å². The second-order valence-electron chi connectivity index (χ2n) is 4.28. The maximum atomic E-state index is 11.7. The van der Waals surface area contributed by atoms with E-state index < -0.39 is 17.9 Å². The van der Waals surface area contributed by atoms with Crippen LogP contribution in [0.2, 0.25) is 0 Å². The summed E-state index contributed by atoms with van der Waals surface area (Å²) in [6, 6.07) is 7.27. The first kappa shape index (κ1) is 15.7. The molecule has 1 aromatic rings. The highest BCUT2D eigenvalue weighted by Crippen LogP contribution is 2.12. The van der Waals surface area contributed by atoms with Crippen molar-refractivity contribution in [3.05, 3.63) is 35.9 Å². The Kier molecular flexibility index (Phi) is 6.22. The van der Waals surface area contributed by atoms with Gasteiger partial charge in [0.2, 0.25) is 11.8 Å². The standard InChI is InChI=1S/C14H18N2O4/c1-2-6-11(17)15-9-12(18)16-13(14(19)20)10-7-4-3-5-8-10/h3-5,7-8,13H,2,6,9H2,1H3,(H,15,17)(H,16,18)(H,19,20). The summed E-state index contributed by atoms with van der Waals surface area (Å²) >= 11 is 0. The largest absolute Gasteiger partial charge is 0.479 e. The predicted octanol–water partition coefficient (Wildman–Crippen LogP) is 0.845. The average Bonchev–Trinajstić information content (AvgIpc) is 2.43. The summed E-state index contributed by atoms with van der Waals surface area (Å²) in [5, 5.41) is 13.9. The molecule has 3 N–H and O–H groups in total. The molecule has 6 nitrogen and oxygen atoms in total. The van der Waals surface area contributed by atoms with Gasteiger partial charge in [-0.2, -0.15) is 0 Å². The Labute approximate surface area is 117 Å². The Morgan fingerprint density at radius 1 is 1.15 bits per heavy atom. The molecule has 20 heavy (non-hydrogen) atoms. The smallest absolute Gasteiger partial charge is 0.330 e. The maximum Gasteiger partial charge on any atom is 0.330 e. The molecule has 0 aromatic heterocycles. The number of aliphatic carboxylic acids is 1. The number of carboxylic acid groups (broad SMARTS) is 1. The van der Waals surface area contributed by atoms with Crippen LogP contribution in [-0.2, 0) is 14.4 Å². The molecule has 0 spiro atoms. The highest BCUT2D eigenvalue weighted by Gasteiger charge is 2.21. The summed E-state index contributed by atoms with van der Waals surface area (Å²) in [6.45, 7) is 1.63. The molecule has 6 heteroatoms. The molecule has 0 heterocycles. The lowest BCUT2D eigenvalue weighted by Gasteiger charge is -2.15. The lowest BCUT2D eigenvalue weighted by molar-refractivity contribution is -0.141. The van der Waals surface area contributed by atoms with Gasteiger partial charge in [0.1, 0.15) is 0 Å². The van der Waals surface area contributed by atoms with Gasteiger partial charge in [-0.1, -0.05) is 37.3 Å². The topological polar surface area (TPSA) is 95.5 Å². The molecule has 1 rings (SSSR count). The Balaban J connectivity index is 2.57. The number of rotatable bonds is 7. The van der Waals surface area contributed by atoms with Crippen LogP contribution in [0.1, 0.15) is 31.4 Å². The zero-order valence-corrected chi connectivity index (χ0v) is 11.3. The van der Waals surface area contributed by atoms with Crippen molar-refractivity contribution in [3.63, 3.8) is 0 Å². The monoisotopic (exact) mass is 278 g/mol. The Hall–Kier alpha value is -2.37. The molecule has 0 saturated carbocycles. The van der Waals surface area contributed by atoms with Crippen LogP contribution >= 0.6 is 0 Å². The summed E-state index contributed by atoms with van der Waals surface area (Å²) in [7, 11) is 0. The zero-order chi connectivity index (χ0) is 15.0. The van der Waals surface area contributed by atoms with E-state index in [1.165, 1.54) is 0 Å². The number of nitrogens with one attached hydrogen (secondary N) is 2. The molecule has 1 aromatic carbocycles. The molecular formula is C14H18N2O4. The van der Waals surface area contributed by atoms with E-state index in [0.717, 1.165) is 0 Å². The minimum atomic E-state index is -1.15. The Bertz CT molecular complexity index is 473. The lowest BCUT2D eigenvalue weighted by atomic mass is 10.1. The summed E-state index contributed by atoms with van der Waals surface area (Å²) < 4.78 is 0. The van der Waals surface area contributed by atoms with Crippen molar-refractivity contribution in [1.29, 1.82) is 0 Å². The molecular weight excluding hydrogens is 260 g/mol. The zero-order valence-electron chi connectivity index (χ0n) is 11.3. The number of hydrogen-bond donors (Lipinski definition) is 3. The maximum absolute atomic E-state index is 11.7. The fourth-order valence-electron chi connectivity index (χ4n) is 1.64. The van der Waals surface area contributed by atoms with E-state index in [9.17, 15) is 14.4 Å². The molecule has 0 aliphatic heterocycles. The molecule has 0 fully saturated rings. The normalized spacial score (nSPS) is 11.4.